The van der Waals surface area contributed by atoms with E-state index in [0.717, 1.165) is 12.4 Å². The predicted molar refractivity (Wildman–Crippen MR) is 47.1 cm³/mol. The molecule has 0 aromatic heterocycles. The molecule has 0 rings (SSSR count). The highest BCUT2D eigenvalue weighted by molar-refractivity contribution is 4.73. The Morgan fingerprint density at radius 3 is 1.50 bits per heavy atom. The van der Waals surface area contributed by atoms with E-state index >= 15 is 0 Å². The molecule has 0 spiro atoms. The van der Waals surface area contributed by atoms with Crippen LogP contribution >= 0.6 is 0 Å². The standard InChI is InChI=1S/C4H10N6O6/c5-15-3-7(9(11)12)1-2-8(4-16-6)10(13)14/h1-2H,3-6H2/b2-1+. The lowest BCUT2D eigenvalue weighted by Crippen LogP contribution is -2.32. The minimum Gasteiger partial charge on any atom is -0.277 e. The van der Waals surface area contributed by atoms with Gasteiger partial charge in [-0.25, -0.2) is 32.0 Å². The van der Waals surface area contributed by atoms with Crippen LogP contribution in [0, 0.1) is 20.2 Å². The van der Waals surface area contributed by atoms with E-state index in [-0.39, 0.29) is 0 Å². The first-order chi connectivity index (χ1) is 7.52. The van der Waals surface area contributed by atoms with Gasteiger partial charge in [0, 0.05) is 0 Å². The van der Waals surface area contributed by atoms with Crippen molar-refractivity contribution in [2.75, 3.05) is 13.5 Å². The van der Waals surface area contributed by atoms with Gasteiger partial charge in [-0.15, -0.1) is 0 Å². The van der Waals surface area contributed by atoms with Crippen molar-refractivity contribution in [3.05, 3.63) is 32.6 Å². The second kappa shape index (κ2) is 7.30. The molecule has 4 N–H and O–H groups in total. The fourth-order valence-corrected chi connectivity index (χ4v) is 0.596. The van der Waals surface area contributed by atoms with Crippen LogP contribution in [0.15, 0.2) is 12.4 Å². The van der Waals surface area contributed by atoms with Gasteiger partial charge in [0.05, 0.1) is 12.4 Å². The molecule has 0 unspecified atom stereocenters. The first-order valence-electron chi connectivity index (χ1n) is 3.66. The lowest BCUT2D eigenvalue weighted by Gasteiger charge is -2.09. The quantitative estimate of drug-likeness (QED) is 0.278. The van der Waals surface area contributed by atoms with Crippen LogP contribution < -0.4 is 11.8 Å². The van der Waals surface area contributed by atoms with Crippen LogP contribution in [0.25, 0.3) is 0 Å². The minimum absolute atomic E-state index is 0.382. The predicted octanol–water partition coefficient (Wildman–Crippen LogP) is -1.86. The second-order valence-electron chi connectivity index (χ2n) is 2.24. The van der Waals surface area contributed by atoms with Crippen molar-refractivity contribution in [3.63, 3.8) is 0 Å². The molecule has 0 aliphatic carbocycles. The fraction of sp³-hybridized carbons (Fsp3) is 0.500. The maximum absolute atomic E-state index is 10.3. The summed E-state index contributed by atoms with van der Waals surface area (Å²) in [7, 11) is 0. The Labute approximate surface area is 88.7 Å². The highest BCUT2D eigenvalue weighted by atomic mass is 16.7. The molecule has 0 amide bonds. The van der Waals surface area contributed by atoms with Gasteiger partial charge < -0.3 is 0 Å². The smallest absolute Gasteiger partial charge is 0.202 e. The van der Waals surface area contributed by atoms with Gasteiger partial charge in [-0.1, -0.05) is 10.0 Å². The third-order valence-electron chi connectivity index (χ3n) is 1.24. The second-order valence-corrected chi connectivity index (χ2v) is 2.24. The van der Waals surface area contributed by atoms with Crippen molar-refractivity contribution in [1.82, 2.24) is 10.0 Å². The van der Waals surface area contributed by atoms with E-state index in [1.165, 1.54) is 0 Å². The topological polar surface area (TPSA) is 163 Å². The summed E-state index contributed by atoms with van der Waals surface area (Å²) in [5, 5.41) is 19.7. The lowest BCUT2D eigenvalue weighted by molar-refractivity contribution is -0.656. The maximum atomic E-state index is 10.3. The molecular formula is C4H10N6O6. The molecule has 0 saturated heterocycles. The molecule has 0 saturated carbocycles. The SMILES string of the molecule is NOCN(/C=C/N(CON)[N+](=O)[O-])[N+](=O)[O-]. The lowest BCUT2D eigenvalue weighted by atomic mass is 10.8. The Morgan fingerprint density at radius 1 is 1.00 bits per heavy atom. The van der Waals surface area contributed by atoms with Crippen LogP contribution in [0.3, 0.4) is 0 Å². The number of nitrogens with two attached hydrogens (primary N) is 2. The Bertz CT molecular complexity index is 244. The van der Waals surface area contributed by atoms with Crippen LogP contribution in [0.1, 0.15) is 0 Å². The minimum atomic E-state index is -0.870. The van der Waals surface area contributed by atoms with Gasteiger partial charge in [-0.05, 0) is 0 Å². The third kappa shape index (κ3) is 5.01. The van der Waals surface area contributed by atoms with Crippen LogP contribution in [-0.2, 0) is 9.68 Å². The molecule has 0 heterocycles. The first-order valence-corrected chi connectivity index (χ1v) is 3.66. The fourth-order valence-electron chi connectivity index (χ4n) is 0.596. The van der Waals surface area contributed by atoms with Crippen LogP contribution in [0.2, 0.25) is 0 Å². The van der Waals surface area contributed by atoms with Gasteiger partial charge >= 0.3 is 0 Å². The van der Waals surface area contributed by atoms with Gasteiger partial charge in [0.25, 0.3) is 0 Å². The van der Waals surface area contributed by atoms with E-state index in [1.54, 1.807) is 0 Å². The number of nitrogens with zero attached hydrogens (tertiary/aromatic N) is 4. The number of rotatable bonds is 8. The zero-order valence-corrected chi connectivity index (χ0v) is 7.96. The molecular weight excluding hydrogens is 228 g/mol. The van der Waals surface area contributed by atoms with Crippen molar-refractivity contribution in [2.45, 2.75) is 0 Å². The molecule has 12 heteroatoms. The van der Waals surface area contributed by atoms with Gasteiger partial charge in [-0.3, -0.25) is 9.68 Å². The summed E-state index contributed by atoms with van der Waals surface area (Å²) in [5.41, 5.74) is 0. The van der Waals surface area contributed by atoms with Crippen LogP contribution in [0.5, 0.6) is 0 Å². The van der Waals surface area contributed by atoms with Crippen LogP contribution in [0.4, 0.5) is 0 Å². The monoisotopic (exact) mass is 238 g/mol. The van der Waals surface area contributed by atoms with Crippen molar-refractivity contribution < 1.29 is 19.7 Å². The summed E-state index contributed by atoms with van der Waals surface area (Å²) < 4.78 is 0. The molecule has 0 aromatic carbocycles. The summed E-state index contributed by atoms with van der Waals surface area (Å²) in [4.78, 5) is 28.7. The summed E-state index contributed by atoms with van der Waals surface area (Å²) in [6.45, 7) is -1.14. The van der Waals surface area contributed by atoms with Gasteiger partial charge in [-0.2, -0.15) is 0 Å². The van der Waals surface area contributed by atoms with E-state index in [2.05, 4.69) is 21.5 Å². The molecule has 0 aromatic rings. The van der Waals surface area contributed by atoms with Crippen molar-refractivity contribution in [2.24, 2.45) is 11.8 Å². The Morgan fingerprint density at radius 2 is 1.31 bits per heavy atom. The average molecular weight is 238 g/mol. The first kappa shape index (κ1) is 14.0. The molecule has 12 nitrogen and oxygen atoms in total. The zero-order valence-electron chi connectivity index (χ0n) is 7.96. The largest absolute Gasteiger partial charge is 0.277 e. The van der Waals surface area contributed by atoms with E-state index in [1.807, 2.05) is 0 Å². The molecule has 0 aliphatic heterocycles. The van der Waals surface area contributed by atoms with Gasteiger partial charge in [0.2, 0.25) is 13.5 Å². The highest BCUT2D eigenvalue weighted by Crippen LogP contribution is 1.94. The molecule has 0 atom stereocenters. The summed E-state index contributed by atoms with van der Waals surface area (Å²) in [6.07, 6.45) is 1.54. The normalized spacial score (nSPS) is 10.4. The van der Waals surface area contributed by atoms with Crippen molar-refractivity contribution in [1.29, 1.82) is 0 Å². The zero-order chi connectivity index (χ0) is 12.6. The number of nitro groups is 2. The van der Waals surface area contributed by atoms with Crippen molar-refractivity contribution >= 4 is 0 Å². The summed E-state index contributed by atoms with van der Waals surface area (Å²) in [6, 6.07) is 0. The van der Waals surface area contributed by atoms with E-state index in [4.69, 9.17) is 0 Å². The molecule has 0 fully saturated rings. The third-order valence-corrected chi connectivity index (χ3v) is 1.24. The van der Waals surface area contributed by atoms with Gasteiger partial charge in [0.1, 0.15) is 0 Å². The highest BCUT2D eigenvalue weighted by Gasteiger charge is 2.14. The van der Waals surface area contributed by atoms with E-state index < -0.39 is 23.5 Å². The Balaban J connectivity index is 4.48. The number of hydrazine groups is 2. The molecule has 16 heavy (non-hydrogen) atoms. The molecule has 0 radical (unpaired) electrons. The number of hydrogen-bond donors (Lipinski definition) is 2. The number of hydrogen-bond acceptors (Lipinski definition) is 8. The summed E-state index contributed by atoms with van der Waals surface area (Å²) in [5.74, 6) is 9.24. The molecule has 0 bridgehead atoms. The molecule has 92 valence electrons. The Hall–Kier alpha value is -2.02. The van der Waals surface area contributed by atoms with Crippen molar-refractivity contribution in [3.8, 4) is 0 Å². The summed E-state index contributed by atoms with van der Waals surface area (Å²) >= 11 is 0. The maximum Gasteiger partial charge on any atom is 0.202 e. The Kier molecular flexibility index (Phi) is 6.37. The average Bonchev–Trinajstić information content (AvgIpc) is 2.21. The van der Waals surface area contributed by atoms with E-state index in [9.17, 15) is 20.2 Å². The van der Waals surface area contributed by atoms with Crippen LogP contribution in [-0.4, -0.2) is 33.5 Å². The van der Waals surface area contributed by atoms with E-state index in [0.29, 0.717) is 10.0 Å². The van der Waals surface area contributed by atoms with Gasteiger partial charge in [0.15, 0.2) is 10.1 Å². The molecule has 0 aliphatic rings.